The van der Waals surface area contributed by atoms with Gasteiger partial charge in [-0.05, 0) is 30.5 Å². The molecule has 0 amide bonds. The maximum Gasteiger partial charge on any atom is 0.142 e. The summed E-state index contributed by atoms with van der Waals surface area (Å²) in [6.07, 6.45) is 1.54. The Kier molecular flexibility index (Phi) is 4.62. The van der Waals surface area contributed by atoms with Crippen molar-refractivity contribution in [3.05, 3.63) is 52.3 Å². The van der Waals surface area contributed by atoms with Gasteiger partial charge in [0.15, 0.2) is 0 Å². The molecule has 3 rings (SSSR count). The lowest BCUT2D eigenvalue weighted by Crippen LogP contribution is -2.23. The molecule has 1 aliphatic rings. The number of hydrogen-bond donors (Lipinski definition) is 0. The highest BCUT2D eigenvalue weighted by atomic mass is 35.5. The first kappa shape index (κ1) is 15.9. The molecular weight excluding hydrogens is 319 g/mol. The molecule has 3 nitrogen and oxygen atoms in total. The highest BCUT2D eigenvalue weighted by molar-refractivity contribution is 6.30. The van der Waals surface area contributed by atoms with E-state index in [1.54, 1.807) is 20.3 Å². The van der Waals surface area contributed by atoms with E-state index in [0.29, 0.717) is 12.4 Å². The van der Waals surface area contributed by atoms with E-state index in [2.05, 4.69) is 0 Å². The number of halogens is 2. The maximum absolute atomic E-state index is 13.6. The monoisotopic (exact) mass is 336 g/mol. The van der Waals surface area contributed by atoms with Gasteiger partial charge >= 0.3 is 0 Å². The van der Waals surface area contributed by atoms with Crippen LogP contribution in [0.1, 0.15) is 11.1 Å². The molecule has 0 aliphatic carbocycles. The van der Waals surface area contributed by atoms with Crippen LogP contribution in [-0.2, 0) is 12.8 Å². The summed E-state index contributed by atoms with van der Waals surface area (Å²) in [7, 11) is 3.25. The number of rotatable bonds is 4. The van der Waals surface area contributed by atoms with Crippen molar-refractivity contribution in [1.82, 2.24) is 0 Å². The Morgan fingerprint density at radius 2 is 2.04 bits per heavy atom. The van der Waals surface area contributed by atoms with E-state index < -0.39 is 0 Å². The first-order chi connectivity index (χ1) is 11.1. The van der Waals surface area contributed by atoms with Crippen molar-refractivity contribution in [2.45, 2.75) is 12.8 Å². The fourth-order valence-electron chi connectivity index (χ4n) is 2.91. The van der Waals surface area contributed by atoms with Crippen LogP contribution in [0, 0.1) is 11.7 Å². The third-order valence-corrected chi connectivity index (χ3v) is 4.38. The third-order valence-electron chi connectivity index (χ3n) is 4.07. The summed E-state index contributed by atoms with van der Waals surface area (Å²) in [5.74, 6) is 2.12. The van der Waals surface area contributed by atoms with Crippen LogP contribution in [0.5, 0.6) is 17.2 Å². The van der Waals surface area contributed by atoms with E-state index in [1.807, 2.05) is 18.2 Å². The quantitative estimate of drug-likeness (QED) is 0.833. The van der Waals surface area contributed by atoms with Gasteiger partial charge in [0.2, 0.25) is 0 Å². The topological polar surface area (TPSA) is 27.7 Å². The molecule has 0 saturated heterocycles. The van der Waals surface area contributed by atoms with E-state index in [4.69, 9.17) is 25.8 Å². The molecule has 23 heavy (non-hydrogen) atoms. The van der Waals surface area contributed by atoms with Crippen molar-refractivity contribution in [3.8, 4) is 17.2 Å². The summed E-state index contributed by atoms with van der Waals surface area (Å²) >= 11 is 5.73. The van der Waals surface area contributed by atoms with Crippen LogP contribution in [0.15, 0.2) is 30.3 Å². The zero-order chi connectivity index (χ0) is 16.4. The van der Waals surface area contributed by atoms with E-state index in [9.17, 15) is 4.39 Å². The molecule has 0 N–H and O–H groups in total. The van der Waals surface area contributed by atoms with Crippen LogP contribution in [-0.4, -0.2) is 20.8 Å². The zero-order valence-corrected chi connectivity index (χ0v) is 13.8. The van der Waals surface area contributed by atoms with Gasteiger partial charge in [-0.15, -0.1) is 0 Å². The lowest BCUT2D eigenvalue weighted by Gasteiger charge is -2.27. The molecule has 0 radical (unpaired) electrons. The van der Waals surface area contributed by atoms with Gasteiger partial charge in [0, 0.05) is 23.6 Å². The predicted octanol–water partition coefficient (Wildman–Crippen LogP) is 4.29. The number of fused-ring (bicyclic) bond motifs is 1. The fraction of sp³-hybridized carbons (Fsp3) is 0.333. The fourth-order valence-corrected chi connectivity index (χ4v) is 3.03. The average molecular weight is 337 g/mol. The molecule has 2 aromatic rings. The normalized spacial score (nSPS) is 16.4. The first-order valence-corrected chi connectivity index (χ1v) is 7.80. The first-order valence-electron chi connectivity index (χ1n) is 7.42. The van der Waals surface area contributed by atoms with E-state index in [0.717, 1.165) is 35.5 Å². The van der Waals surface area contributed by atoms with Crippen LogP contribution in [0.25, 0.3) is 0 Å². The Labute approximate surface area is 139 Å². The molecule has 0 saturated carbocycles. The van der Waals surface area contributed by atoms with Gasteiger partial charge in [0.1, 0.15) is 23.1 Å². The zero-order valence-electron chi connectivity index (χ0n) is 13.1. The standard InChI is InChI=1S/C18H18ClFO3/c1-21-13-8-17(22-2)14-6-12(10-23-18(14)9-13)5-11-3-4-15(19)16(20)7-11/h3-4,7-9,12H,5-6,10H2,1-2H3. The van der Waals surface area contributed by atoms with Crippen molar-refractivity contribution in [3.63, 3.8) is 0 Å². The summed E-state index contributed by atoms with van der Waals surface area (Å²) in [4.78, 5) is 0. The highest BCUT2D eigenvalue weighted by Gasteiger charge is 2.24. The van der Waals surface area contributed by atoms with E-state index >= 15 is 0 Å². The summed E-state index contributed by atoms with van der Waals surface area (Å²) < 4.78 is 30.2. The van der Waals surface area contributed by atoms with Gasteiger partial charge in [0.25, 0.3) is 0 Å². The summed E-state index contributed by atoms with van der Waals surface area (Å²) in [5, 5.41) is 0.146. The van der Waals surface area contributed by atoms with Crippen LogP contribution >= 0.6 is 11.6 Å². The Morgan fingerprint density at radius 3 is 2.74 bits per heavy atom. The maximum atomic E-state index is 13.6. The van der Waals surface area contributed by atoms with Crippen molar-refractivity contribution in [2.75, 3.05) is 20.8 Å². The average Bonchev–Trinajstić information content (AvgIpc) is 2.57. The van der Waals surface area contributed by atoms with Gasteiger partial charge in [-0.2, -0.15) is 0 Å². The lowest BCUT2D eigenvalue weighted by molar-refractivity contribution is 0.216. The molecule has 1 heterocycles. The smallest absolute Gasteiger partial charge is 0.142 e. The molecule has 1 aliphatic heterocycles. The van der Waals surface area contributed by atoms with Crippen molar-refractivity contribution >= 4 is 11.6 Å². The minimum absolute atomic E-state index is 0.146. The molecule has 1 atom stereocenters. The van der Waals surface area contributed by atoms with Crippen LogP contribution in [0.4, 0.5) is 4.39 Å². The molecule has 0 spiro atoms. The number of methoxy groups -OCH3 is 2. The second-order valence-electron chi connectivity index (χ2n) is 5.64. The Hall–Kier alpha value is -1.94. The largest absolute Gasteiger partial charge is 0.496 e. The van der Waals surface area contributed by atoms with Crippen LogP contribution < -0.4 is 14.2 Å². The van der Waals surface area contributed by atoms with Gasteiger partial charge in [0.05, 0.1) is 25.8 Å². The molecule has 2 aromatic carbocycles. The molecule has 5 heteroatoms. The minimum atomic E-state index is -0.386. The van der Waals surface area contributed by atoms with Crippen LogP contribution in [0.2, 0.25) is 5.02 Å². The van der Waals surface area contributed by atoms with Crippen molar-refractivity contribution in [1.29, 1.82) is 0 Å². The lowest BCUT2D eigenvalue weighted by atomic mass is 9.90. The molecule has 0 aromatic heterocycles. The third kappa shape index (κ3) is 3.37. The van der Waals surface area contributed by atoms with Gasteiger partial charge < -0.3 is 14.2 Å². The van der Waals surface area contributed by atoms with Gasteiger partial charge in [-0.1, -0.05) is 17.7 Å². The van der Waals surface area contributed by atoms with Gasteiger partial charge in [-0.3, -0.25) is 0 Å². The molecular formula is C18H18ClFO3. The Bertz CT molecular complexity index is 700. The van der Waals surface area contributed by atoms with Crippen LogP contribution in [0.3, 0.4) is 0 Å². The molecule has 122 valence electrons. The Morgan fingerprint density at radius 1 is 1.22 bits per heavy atom. The van der Waals surface area contributed by atoms with Gasteiger partial charge in [-0.25, -0.2) is 4.39 Å². The number of ether oxygens (including phenoxy) is 3. The summed E-state index contributed by atoms with van der Waals surface area (Å²) in [6.45, 7) is 0.577. The summed E-state index contributed by atoms with van der Waals surface area (Å²) in [5.41, 5.74) is 1.94. The predicted molar refractivity (Wildman–Crippen MR) is 87.3 cm³/mol. The molecule has 0 fully saturated rings. The Balaban J connectivity index is 1.80. The number of hydrogen-bond acceptors (Lipinski definition) is 3. The second-order valence-corrected chi connectivity index (χ2v) is 6.05. The highest BCUT2D eigenvalue weighted by Crippen LogP contribution is 2.39. The summed E-state index contributed by atoms with van der Waals surface area (Å²) in [6, 6.07) is 8.66. The van der Waals surface area contributed by atoms with Crippen molar-refractivity contribution in [2.24, 2.45) is 5.92 Å². The second kappa shape index (κ2) is 6.67. The molecule has 1 unspecified atom stereocenters. The SMILES string of the molecule is COc1cc(OC)c2c(c1)OCC(Cc1ccc(Cl)c(F)c1)C2. The van der Waals surface area contributed by atoms with E-state index in [-0.39, 0.29) is 16.8 Å². The number of benzene rings is 2. The molecule has 0 bridgehead atoms. The van der Waals surface area contributed by atoms with E-state index in [1.165, 1.54) is 6.07 Å². The van der Waals surface area contributed by atoms with Crippen molar-refractivity contribution < 1.29 is 18.6 Å². The minimum Gasteiger partial charge on any atom is -0.496 e.